The summed E-state index contributed by atoms with van der Waals surface area (Å²) in [6.45, 7) is 5.37. The number of benzene rings is 1. The lowest BCUT2D eigenvalue weighted by molar-refractivity contribution is 0.311. The molecular weight excluding hydrogens is 304 g/mol. The Morgan fingerprint density at radius 3 is 2.58 bits per heavy atom. The van der Waals surface area contributed by atoms with Crippen molar-refractivity contribution in [2.75, 3.05) is 23.8 Å². The first-order valence-electron chi connectivity index (χ1n) is 8.18. The normalized spacial score (nSPS) is 11.0. The molecule has 0 fully saturated rings. The van der Waals surface area contributed by atoms with Crippen molar-refractivity contribution in [3.63, 3.8) is 0 Å². The molecule has 3 rings (SSSR count). The number of hydrogen-bond donors (Lipinski definition) is 3. The van der Waals surface area contributed by atoms with Crippen molar-refractivity contribution in [1.82, 2.24) is 19.5 Å². The Hall–Kier alpha value is -2.67. The zero-order valence-electron chi connectivity index (χ0n) is 14.0. The van der Waals surface area contributed by atoms with Gasteiger partial charge in [-0.2, -0.15) is 9.97 Å². The number of aliphatic hydroxyl groups is 1. The Bertz CT molecular complexity index is 812. The van der Waals surface area contributed by atoms with E-state index in [1.54, 1.807) is 6.33 Å². The van der Waals surface area contributed by atoms with E-state index < -0.39 is 0 Å². The van der Waals surface area contributed by atoms with Gasteiger partial charge in [0.2, 0.25) is 5.95 Å². The van der Waals surface area contributed by atoms with Gasteiger partial charge in [-0.15, -0.1) is 0 Å². The molecule has 0 unspecified atom stereocenters. The maximum Gasteiger partial charge on any atom is 0.226 e. The number of rotatable bonds is 7. The van der Waals surface area contributed by atoms with Crippen LogP contribution in [0.25, 0.3) is 11.2 Å². The van der Waals surface area contributed by atoms with Crippen LogP contribution in [-0.4, -0.2) is 37.8 Å². The molecule has 0 spiro atoms. The van der Waals surface area contributed by atoms with Crippen LogP contribution in [0, 0.1) is 0 Å². The maximum absolute atomic E-state index is 9.00. The van der Waals surface area contributed by atoms with Gasteiger partial charge in [0.25, 0.3) is 0 Å². The summed E-state index contributed by atoms with van der Waals surface area (Å²) in [4.78, 5) is 13.4. The van der Waals surface area contributed by atoms with Crippen LogP contribution in [0.2, 0.25) is 0 Å². The average molecular weight is 326 g/mol. The van der Waals surface area contributed by atoms with Gasteiger partial charge in [0.1, 0.15) is 0 Å². The van der Waals surface area contributed by atoms with Crippen molar-refractivity contribution in [3.8, 4) is 0 Å². The summed E-state index contributed by atoms with van der Waals surface area (Å²) in [5, 5.41) is 15.3. The first-order valence-corrected chi connectivity index (χ1v) is 8.18. The number of hydrogen-bond acceptors (Lipinski definition) is 6. The summed E-state index contributed by atoms with van der Waals surface area (Å²) in [5.74, 6) is 1.12. The molecule has 0 aliphatic heterocycles. The van der Waals surface area contributed by atoms with E-state index in [9.17, 15) is 0 Å². The standard InChI is InChI=1S/C17H22N6O/c1-3-12-5-7-13(8-6-12)20-15-14-16(23(4-2)11-19-14)22-17(21-15)18-9-10-24/h5-8,11,24H,3-4,9-10H2,1-2H3,(H2,18,20,21,22). The second-order valence-electron chi connectivity index (χ2n) is 5.42. The molecule has 2 heterocycles. The van der Waals surface area contributed by atoms with Crippen LogP contribution >= 0.6 is 0 Å². The van der Waals surface area contributed by atoms with E-state index in [0.717, 1.165) is 29.8 Å². The van der Waals surface area contributed by atoms with E-state index in [2.05, 4.69) is 44.6 Å². The first kappa shape index (κ1) is 16.2. The topological polar surface area (TPSA) is 87.9 Å². The van der Waals surface area contributed by atoms with Crippen molar-refractivity contribution in [2.45, 2.75) is 26.8 Å². The predicted molar refractivity (Wildman–Crippen MR) is 95.7 cm³/mol. The summed E-state index contributed by atoms with van der Waals surface area (Å²) in [7, 11) is 0. The second kappa shape index (κ2) is 7.27. The largest absolute Gasteiger partial charge is 0.395 e. The third-order valence-corrected chi connectivity index (χ3v) is 3.82. The summed E-state index contributed by atoms with van der Waals surface area (Å²) < 4.78 is 1.96. The number of aromatic nitrogens is 4. The van der Waals surface area contributed by atoms with Gasteiger partial charge in [-0.05, 0) is 31.0 Å². The van der Waals surface area contributed by atoms with Crippen LogP contribution in [-0.2, 0) is 13.0 Å². The van der Waals surface area contributed by atoms with E-state index >= 15 is 0 Å². The van der Waals surface area contributed by atoms with Crippen LogP contribution in [0.3, 0.4) is 0 Å². The molecule has 7 nitrogen and oxygen atoms in total. The lowest BCUT2D eigenvalue weighted by atomic mass is 10.1. The number of nitrogens with one attached hydrogen (secondary N) is 2. The minimum absolute atomic E-state index is 0.0235. The van der Waals surface area contributed by atoms with Crippen molar-refractivity contribution < 1.29 is 5.11 Å². The SMILES string of the molecule is CCc1ccc(Nc2nc(NCCO)nc3c2ncn3CC)cc1. The Balaban J connectivity index is 1.98. The minimum Gasteiger partial charge on any atom is -0.395 e. The molecule has 0 amide bonds. The zero-order chi connectivity index (χ0) is 16.9. The monoisotopic (exact) mass is 326 g/mol. The van der Waals surface area contributed by atoms with Gasteiger partial charge >= 0.3 is 0 Å². The lowest BCUT2D eigenvalue weighted by Crippen LogP contribution is -2.10. The van der Waals surface area contributed by atoms with Crippen LogP contribution in [0.1, 0.15) is 19.4 Å². The van der Waals surface area contributed by atoms with E-state index in [1.165, 1.54) is 5.56 Å². The van der Waals surface area contributed by atoms with Crippen molar-refractivity contribution in [3.05, 3.63) is 36.2 Å². The number of anilines is 3. The molecule has 0 bridgehead atoms. The third kappa shape index (κ3) is 3.30. The molecule has 2 aromatic heterocycles. The summed E-state index contributed by atoms with van der Waals surface area (Å²) in [5.41, 5.74) is 3.73. The van der Waals surface area contributed by atoms with Gasteiger partial charge in [0, 0.05) is 18.8 Å². The smallest absolute Gasteiger partial charge is 0.226 e. The molecule has 0 radical (unpaired) electrons. The molecule has 7 heteroatoms. The average Bonchev–Trinajstić information content (AvgIpc) is 3.04. The van der Waals surface area contributed by atoms with E-state index in [4.69, 9.17) is 5.11 Å². The zero-order valence-corrected chi connectivity index (χ0v) is 14.0. The van der Waals surface area contributed by atoms with E-state index in [1.807, 2.05) is 23.6 Å². The molecule has 126 valence electrons. The fourth-order valence-corrected chi connectivity index (χ4v) is 2.47. The Morgan fingerprint density at radius 1 is 1.12 bits per heavy atom. The van der Waals surface area contributed by atoms with Gasteiger partial charge in [-0.3, -0.25) is 0 Å². The molecule has 24 heavy (non-hydrogen) atoms. The number of aryl methyl sites for hydroxylation is 2. The van der Waals surface area contributed by atoms with Gasteiger partial charge < -0.3 is 20.3 Å². The van der Waals surface area contributed by atoms with Gasteiger partial charge in [-0.25, -0.2) is 4.98 Å². The highest BCUT2D eigenvalue weighted by molar-refractivity contribution is 5.86. The molecule has 1 aromatic carbocycles. The highest BCUT2D eigenvalue weighted by atomic mass is 16.3. The third-order valence-electron chi connectivity index (χ3n) is 3.82. The van der Waals surface area contributed by atoms with Crippen molar-refractivity contribution in [1.29, 1.82) is 0 Å². The van der Waals surface area contributed by atoms with Gasteiger partial charge in [0.15, 0.2) is 17.0 Å². The molecular formula is C17H22N6O. The number of nitrogens with zero attached hydrogens (tertiary/aromatic N) is 4. The number of imidazole rings is 1. The van der Waals surface area contributed by atoms with E-state index in [-0.39, 0.29) is 6.61 Å². The maximum atomic E-state index is 9.00. The predicted octanol–water partition coefficient (Wildman–Crippen LogP) is 2.56. The van der Waals surface area contributed by atoms with Crippen LogP contribution < -0.4 is 10.6 Å². The molecule has 0 aliphatic rings. The molecule has 3 N–H and O–H groups in total. The minimum atomic E-state index is 0.0235. The summed E-state index contributed by atoms with van der Waals surface area (Å²) in [6.07, 6.45) is 2.77. The van der Waals surface area contributed by atoms with Gasteiger partial charge in [0.05, 0.1) is 12.9 Å². The molecule has 3 aromatic rings. The fourth-order valence-electron chi connectivity index (χ4n) is 2.47. The number of aliphatic hydroxyl groups excluding tert-OH is 1. The highest BCUT2D eigenvalue weighted by Crippen LogP contribution is 2.24. The quantitative estimate of drug-likeness (QED) is 0.618. The van der Waals surface area contributed by atoms with Crippen LogP contribution in [0.4, 0.5) is 17.5 Å². The molecule has 0 saturated carbocycles. The highest BCUT2D eigenvalue weighted by Gasteiger charge is 2.13. The molecule has 0 atom stereocenters. The Kier molecular flexibility index (Phi) is 4.90. The second-order valence-corrected chi connectivity index (χ2v) is 5.42. The molecule has 0 saturated heterocycles. The van der Waals surface area contributed by atoms with Gasteiger partial charge in [-0.1, -0.05) is 19.1 Å². The summed E-state index contributed by atoms with van der Waals surface area (Å²) >= 11 is 0. The Morgan fingerprint density at radius 2 is 1.92 bits per heavy atom. The van der Waals surface area contributed by atoms with Crippen LogP contribution in [0.5, 0.6) is 0 Å². The first-order chi connectivity index (χ1) is 11.7. The fraction of sp³-hybridized carbons (Fsp3) is 0.353. The lowest BCUT2D eigenvalue weighted by Gasteiger charge is -2.10. The van der Waals surface area contributed by atoms with E-state index in [0.29, 0.717) is 18.3 Å². The number of fused-ring (bicyclic) bond motifs is 1. The Labute approximate surface area is 140 Å². The van der Waals surface area contributed by atoms with Crippen molar-refractivity contribution >= 4 is 28.6 Å². The van der Waals surface area contributed by atoms with Crippen LogP contribution in [0.15, 0.2) is 30.6 Å². The molecule has 0 aliphatic carbocycles. The summed E-state index contributed by atoms with van der Waals surface area (Å²) in [6, 6.07) is 8.25. The van der Waals surface area contributed by atoms with Crippen molar-refractivity contribution in [2.24, 2.45) is 0 Å².